The third-order valence-electron chi connectivity index (χ3n) is 3.92. The van der Waals surface area contributed by atoms with Gasteiger partial charge >= 0.3 is 0 Å². The molecule has 3 aromatic rings. The number of rotatable bonds is 6. The number of benzene rings is 2. The van der Waals surface area contributed by atoms with Crippen LogP contribution in [-0.2, 0) is 11.8 Å². The number of thioether (sulfide) groups is 1. The first kappa shape index (κ1) is 19.4. The summed E-state index contributed by atoms with van der Waals surface area (Å²) >= 11 is 4.74. The molecule has 2 aromatic carbocycles. The van der Waals surface area contributed by atoms with E-state index < -0.39 is 0 Å². The van der Waals surface area contributed by atoms with E-state index >= 15 is 0 Å². The first-order valence-electron chi connectivity index (χ1n) is 8.29. The van der Waals surface area contributed by atoms with Gasteiger partial charge in [-0.25, -0.2) is 0 Å². The molecule has 1 aromatic heterocycles. The van der Waals surface area contributed by atoms with Crippen molar-refractivity contribution in [2.75, 3.05) is 30.1 Å². The fraction of sp³-hybridized carbons (Fsp3) is 0.211. The highest BCUT2D eigenvalue weighted by Crippen LogP contribution is 2.25. The van der Waals surface area contributed by atoms with Crippen molar-refractivity contribution in [3.63, 3.8) is 0 Å². The van der Waals surface area contributed by atoms with Gasteiger partial charge < -0.3 is 14.8 Å². The van der Waals surface area contributed by atoms with Crippen LogP contribution in [0.5, 0.6) is 0 Å². The van der Waals surface area contributed by atoms with Gasteiger partial charge in [0.05, 0.1) is 5.75 Å². The van der Waals surface area contributed by atoms with Gasteiger partial charge in [-0.05, 0) is 36.4 Å². The molecule has 0 bridgehead atoms. The maximum atomic E-state index is 12.2. The van der Waals surface area contributed by atoms with Crippen molar-refractivity contribution in [3.8, 4) is 11.4 Å². The van der Waals surface area contributed by atoms with Gasteiger partial charge in [0.25, 0.3) is 0 Å². The van der Waals surface area contributed by atoms with Gasteiger partial charge in [0.2, 0.25) is 5.91 Å². The fourth-order valence-corrected chi connectivity index (χ4v) is 3.45. The SMILES string of the molecule is CN(C)c1cccc(-c2nnc(SCC(=O)Nc3ccc(Br)cc3)n2C)c1. The van der Waals surface area contributed by atoms with Crippen LogP contribution in [0.2, 0.25) is 0 Å². The molecule has 0 radical (unpaired) electrons. The summed E-state index contributed by atoms with van der Waals surface area (Å²) in [5.41, 5.74) is 2.85. The number of carbonyl (C=O) groups excluding carboxylic acids is 1. The molecule has 0 aliphatic rings. The smallest absolute Gasteiger partial charge is 0.234 e. The number of amides is 1. The Kier molecular flexibility index (Phi) is 6.18. The lowest BCUT2D eigenvalue weighted by atomic mass is 10.2. The molecule has 140 valence electrons. The number of nitrogens with one attached hydrogen (secondary N) is 1. The van der Waals surface area contributed by atoms with E-state index in [4.69, 9.17) is 0 Å². The zero-order valence-corrected chi connectivity index (χ0v) is 17.7. The van der Waals surface area contributed by atoms with Crippen molar-refractivity contribution < 1.29 is 4.79 Å². The second-order valence-electron chi connectivity index (χ2n) is 6.15. The first-order valence-corrected chi connectivity index (χ1v) is 10.1. The predicted octanol–water partition coefficient (Wildman–Crippen LogP) is 4.04. The zero-order chi connectivity index (χ0) is 19.4. The van der Waals surface area contributed by atoms with Crippen LogP contribution in [0, 0.1) is 0 Å². The van der Waals surface area contributed by atoms with Crippen LogP contribution in [0.3, 0.4) is 0 Å². The Balaban J connectivity index is 1.66. The van der Waals surface area contributed by atoms with E-state index in [1.165, 1.54) is 11.8 Å². The monoisotopic (exact) mass is 445 g/mol. The summed E-state index contributed by atoms with van der Waals surface area (Å²) < 4.78 is 2.88. The molecule has 0 spiro atoms. The molecule has 0 saturated heterocycles. The van der Waals surface area contributed by atoms with Crippen LogP contribution in [-0.4, -0.2) is 40.5 Å². The largest absolute Gasteiger partial charge is 0.378 e. The van der Waals surface area contributed by atoms with Crippen molar-refractivity contribution in [2.45, 2.75) is 5.16 Å². The minimum Gasteiger partial charge on any atom is -0.378 e. The van der Waals surface area contributed by atoms with E-state index in [0.29, 0.717) is 5.16 Å². The molecule has 8 heteroatoms. The summed E-state index contributed by atoms with van der Waals surface area (Å²) in [6.45, 7) is 0. The summed E-state index contributed by atoms with van der Waals surface area (Å²) in [7, 11) is 5.91. The topological polar surface area (TPSA) is 63.1 Å². The molecule has 1 heterocycles. The van der Waals surface area contributed by atoms with Gasteiger partial charge in [-0.2, -0.15) is 0 Å². The van der Waals surface area contributed by atoms with Crippen molar-refractivity contribution in [2.24, 2.45) is 7.05 Å². The second-order valence-corrected chi connectivity index (χ2v) is 8.01. The predicted molar refractivity (Wildman–Crippen MR) is 114 cm³/mol. The third kappa shape index (κ3) is 4.90. The highest BCUT2D eigenvalue weighted by Gasteiger charge is 2.13. The van der Waals surface area contributed by atoms with Gasteiger partial charge in [-0.3, -0.25) is 4.79 Å². The first-order chi connectivity index (χ1) is 12.9. The fourth-order valence-electron chi connectivity index (χ4n) is 2.48. The molecule has 0 saturated carbocycles. The molecule has 1 N–H and O–H groups in total. The number of carbonyl (C=O) groups is 1. The zero-order valence-electron chi connectivity index (χ0n) is 15.3. The lowest BCUT2D eigenvalue weighted by Crippen LogP contribution is -2.14. The van der Waals surface area contributed by atoms with Crippen molar-refractivity contribution in [3.05, 3.63) is 53.0 Å². The van der Waals surface area contributed by atoms with Gasteiger partial charge in [0.1, 0.15) is 0 Å². The number of aromatic nitrogens is 3. The Hall–Kier alpha value is -2.32. The average Bonchev–Trinajstić information content (AvgIpc) is 3.02. The molecule has 6 nitrogen and oxygen atoms in total. The molecule has 3 rings (SSSR count). The van der Waals surface area contributed by atoms with Gasteiger partial charge in [0, 0.05) is 42.6 Å². The standard InChI is InChI=1S/C19H20BrN5OS/c1-24(2)16-6-4-5-13(11-16)18-22-23-19(25(18)3)27-12-17(26)21-15-9-7-14(20)8-10-15/h4-11H,12H2,1-3H3,(H,21,26). The molecule has 0 unspecified atom stereocenters. The van der Waals surface area contributed by atoms with Crippen LogP contribution in [0.25, 0.3) is 11.4 Å². The van der Waals surface area contributed by atoms with E-state index in [-0.39, 0.29) is 11.7 Å². The molecule has 0 atom stereocenters. The van der Waals surface area contributed by atoms with Crippen molar-refractivity contribution in [1.82, 2.24) is 14.8 Å². The van der Waals surface area contributed by atoms with Crippen LogP contribution in [0.1, 0.15) is 0 Å². The highest BCUT2D eigenvalue weighted by molar-refractivity contribution is 9.10. The van der Waals surface area contributed by atoms with Crippen LogP contribution >= 0.6 is 27.7 Å². The number of anilines is 2. The molecule has 1 amide bonds. The van der Waals surface area contributed by atoms with E-state index in [2.05, 4.69) is 37.5 Å². The number of nitrogens with zero attached hydrogens (tertiary/aromatic N) is 4. The molecular weight excluding hydrogens is 426 g/mol. The Bertz CT molecular complexity index is 940. The summed E-state index contributed by atoms with van der Waals surface area (Å²) in [5, 5.41) is 12.1. The van der Waals surface area contributed by atoms with Gasteiger partial charge in [0.15, 0.2) is 11.0 Å². The molecule has 0 fully saturated rings. The summed E-state index contributed by atoms with van der Waals surface area (Å²) in [6.07, 6.45) is 0. The minimum absolute atomic E-state index is 0.0820. The lowest BCUT2D eigenvalue weighted by molar-refractivity contribution is -0.113. The van der Waals surface area contributed by atoms with Crippen molar-refractivity contribution >= 4 is 45.0 Å². The van der Waals surface area contributed by atoms with E-state index in [1.807, 2.05) is 73.1 Å². The minimum atomic E-state index is -0.0820. The molecule has 0 aliphatic carbocycles. The molecule has 0 aliphatic heterocycles. The van der Waals surface area contributed by atoms with E-state index in [9.17, 15) is 4.79 Å². The van der Waals surface area contributed by atoms with Crippen LogP contribution < -0.4 is 10.2 Å². The second kappa shape index (κ2) is 8.58. The molecule has 27 heavy (non-hydrogen) atoms. The molecular formula is C19H20BrN5OS. The number of hydrogen-bond acceptors (Lipinski definition) is 5. The average molecular weight is 446 g/mol. The summed E-state index contributed by atoms with van der Waals surface area (Å²) in [6, 6.07) is 15.6. The van der Waals surface area contributed by atoms with E-state index in [1.54, 1.807) is 0 Å². The summed E-state index contributed by atoms with van der Waals surface area (Å²) in [5.74, 6) is 0.954. The van der Waals surface area contributed by atoms with Crippen LogP contribution in [0.4, 0.5) is 11.4 Å². The number of hydrogen-bond donors (Lipinski definition) is 1. The Morgan fingerprint density at radius 1 is 1.19 bits per heavy atom. The third-order valence-corrected chi connectivity index (χ3v) is 5.46. The Morgan fingerprint density at radius 2 is 1.93 bits per heavy atom. The highest BCUT2D eigenvalue weighted by atomic mass is 79.9. The maximum absolute atomic E-state index is 12.2. The van der Waals surface area contributed by atoms with Gasteiger partial charge in [-0.1, -0.05) is 39.8 Å². The van der Waals surface area contributed by atoms with Crippen molar-refractivity contribution in [1.29, 1.82) is 0 Å². The number of halogens is 1. The van der Waals surface area contributed by atoms with Gasteiger partial charge in [-0.15, -0.1) is 10.2 Å². The Labute approximate surface area is 171 Å². The quantitative estimate of drug-likeness (QED) is 0.579. The van der Waals surface area contributed by atoms with Crippen LogP contribution in [0.15, 0.2) is 58.2 Å². The Morgan fingerprint density at radius 3 is 2.63 bits per heavy atom. The maximum Gasteiger partial charge on any atom is 0.234 e. The summed E-state index contributed by atoms with van der Waals surface area (Å²) in [4.78, 5) is 14.2. The van der Waals surface area contributed by atoms with E-state index in [0.717, 1.165) is 27.2 Å². The lowest BCUT2D eigenvalue weighted by Gasteiger charge is -2.13. The normalized spacial score (nSPS) is 10.7.